The molecule has 2 aromatic rings. The maximum absolute atomic E-state index is 8.88. The SMILES string of the molecule is OCCc1sc(-c2ccccc2)nc1Br. The van der Waals surface area contributed by atoms with E-state index in [0.29, 0.717) is 6.42 Å². The predicted molar refractivity (Wildman–Crippen MR) is 66.0 cm³/mol. The number of halogens is 1. The molecule has 0 aliphatic heterocycles. The van der Waals surface area contributed by atoms with Crippen LogP contribution in [0.4, 0.5) is 0 Å². The summed E-state index contributed by atoms with van der Waals surface area (Å²) in [6.07, 6.45) is 0.658. The fourth-order valence-electron chi connectivity index (χ4n) is 1.29. The molecule has 15 heavy (non-hydrogen) atoms. The maximum Gasteiger partial charge on any atom is 0.124 e. The molecule has 0 saturated carbocycles. The smallest absolute Gasteiger partial charge is 0.124 e. The number of rotatable bonds is 3. The molecule has 1 N–H and O–H groups in total. The molecule has 1 aromatic heterocycles. The highest BCUT2D eigenvalue weighted by Crippen LogP contribution is 2.31. The molecule has 0 fully saturated rings. The van der Waals surface area contributed by atoms with E-state index in [9.17, 15) is 0 Å². The summed E-state index contributed by atoms with van der Waals surface area (Å²) in [5.41, 5.74) is 1.12. The van der Waals surface area contributed by atoms with E-state index >= 15 is 0 Å². The van der Waals surface area contributed by atoms with Crippen molar-refractivity contribution in [2.45, 2.75) is 6.42 Å². The van der Waals surface area contributed by atoms with E-state index in [1.165, 1.54) is 0 Å². The van der Waals surface area contributed by atoms with E-state index in [1.54, 1.807) is 11.3 Å². The van der Waals surface area contributed by atoms with Crippen molar-refractivity contribution in [3.63, 3.8) is 0 Å². The van der Waals surface area contributed by atoms with Gasteiger partial charge < -0.3 is 5.11 Å². The molecule has 0 spiro atoms. The Bertz CT molecular complexity index is 441. The van der Waals surface area contributed by atoms with Gasteiger partial charge in [-0.1, -0.05) is 30.3 Å². The van der Waals surface area contributed by atoms with E-state index in [-0.39, 0.29) is 6.61 Å². The van der Waals surface area contributed by atoms with Gasteiger partial charge in [0.2, 0.25) is 0 Å². The predicted octanol–water partition coefficient (Wildman–Crippen LogP) is 3.11. The molecular weight excluding hydrogens is 274 g/mol. The van der Waals surface area contributed by atoms with Gasteiger partial charge in [0.1, 0.15) is 9.61 Å². The largest absolute Gasteiger partial charge is 0.396 e. The molecular formula is C11H10BrNOS. The minimum Gasteiger partial charge on any atom is -0.396 e. The summed E-state index contributed by atoms with van der Waals surface area (Å²) in [6, 6.07) is 10.1. The van der Waals surface area contributed by atoms with Crippen LogP contribution in [0.5, 0.6) is 0 Å². The summed E-state index contributed by atoms with van der Waals surface area (Å²) >= 11 is 5.02. The van der Waals surface area contributed by atoms with Crippen LogP contribution in [0.1, 0.15) is 4.88 Å². The number of aliphatic hydroxyl groups is 1. The highest BCUT2D eigenvalue weighted by atomic mass is 79.9. The normalized spacial score (nSPS) is 10.5. The van der Waals surface area contributed by atoms with Crippen molar-refractivity contribution in [1.29, 1.82) is 0 Å². The van der Waals surface area contributed by atoms with Crippen molar-refractivity contribution in [2.75, 3.05) is 6.61 Å². The zero-order chi connectivity index (χ0) is 10.7. The summed E-state index contributed by atoms with van der Waals surface area (Å²) in [5, 5.41) is 9.87. The van der Waals surface area contributed by atoms with E-state index in [2.05, 4.69) is 20.9 Å². The van der Waals surface area contributed by atoms with Crippen molar-refractivity contribution < 1.29 is 5.11 Å². The monoisotopic (exact) mass is 283 g/mol. The summed E-state index contributed by atoms with van der Waals surface area (Å²) in [5.74, 6) is 0. The molecule has 1 aromatic carbocycles. The Hall–Kier alpha value is -0.710. The van der Waals surface area contributed by atoms with Crippen molar-refractivity contribution in [1.82, 2.24) is 4.98 Å². The van der Waals surface area contributed by atoms with Crippen LogP contribution in [0.3, 0.4) is 0 Å². The number of benzene rings is 1. The molecule has 0 aliphatic rings. The Kier molecular flexibility index (Phi) is 3.51. The molecule has 0 bridgehead atoms. The highest BCUT2D eigenvalue weighted by molar-refractivity contribution is 9.10. The number of aliphatic hydroxyl groups excluding tert-OH is 1. The van der Waals surface area contributed by atoms with Crippen molar-refractivity contribution in [3.8, 4) is 10.6 Å². The summed E-state index contributed by atoms with van der Waals surface area (Å²) in [6.45, 7) is 0.162. The van der Waals surface area contributed by atoms with Crippen molar-refractivity contribution in [3.05, 3.63) is 39.8 Å². The van der Waals surface area contributed by atoms with Crippen LogP contribution in [0.2, 0.25) is 0 Å². The van der Waals surface area contributed by atoms with Crippen LogP contribution in [0, 0.1) is 0 Å². The van der Waals surface area contributed by atoms with E-state index in [1.807, 2.05) is 30.3 Å². The van der Waals surface area contributed by atoms with Gasteiger partial charge in [-0.15, -0.1) is 11.3 Å². The van der Waals surface area contributed by atoms with Gasteiger partial charge in [-0.2, -0.15) is 0 Å². The maximum atomic E-state index is 8.88. The Labute approximate surface area is 101 Å². The molecule has 2 rings (SSSR count). The van der Waals surface area contributed by atoms with Crippen LogP contribution in [0.15, 0.2) is 34.9 Å². The average Bonchev–Trinajstić information content (AvgIpc) is 2.63. The van der Waals surface area contributed by atoms with Crippen LogP contribution < -0.4 is 0 Å². The van der Waals surface area contributed by atoms with Crippen LogP contribution in [-0.4, -0.2) is 16.7 Å². The zero-order valence-electron chi connectivity index (χ0n) is 7.98. The molecule has 0 radical (unpaired) electrons. The molecule has 0 atom stereocenters. The molecule has 2 nitrogen and oxygen atoms in total. The first-order chi connectivity index (χ1) is 7.31. The van der Waals surface area contributed by atoms with Gasteiger partial charge in [0.15, 0.2) is 0 Å². The Morgan fingerprint density at radius 1 is 1.27 bits per heavy atom. The quantitative estimate of drug-likeness (QED) is 0.939. The molecule has 0 amide bonds. The Balaban J connectivity index is 2.34. The van der Waals surface area contributed by atoms with Gasteiger partial charge in [0.05, 0.1) is 0 Å². The van der Waals surface area contributed by atoms with Gasteiger partial charge in [-0.3, -0.25) is 0 Å². The number of thiazole rings is 1. The van der Waals surface area contributed by atoms with Gasteiger partial charge in [0, 0.05) is 23.5 Å². The second-order valence-electron chi connectivity index (χ2n) is 3.07. The number of hydrogen-bond donors (Lipinski definition) is 1. The fourth-order valence-corrected chi connectivity index (χ4v) is 2.98. The van der Waals surface area contributed by atoms with Gasteiger partial charge in [0.25, 0.3) is 0 Å². The Morgan fingerprint density at radius 3 is 2.67 bits per heavy atom. The van der Waals surface area contributed by atoms with E-state index < -0.39 is 0 Å². The highest BCUT2D eigenvalue weighted by Gasteiger charge is 2.09. The third-order valence-electron chi connectivity index (χ3n) is 2.01. The van der Waals surface area contributed by atoms with E-state index in [4.69, 9.17) is 5.11 Å². The number of nitrogens with zero attached hydrogens (tertiary/aromatic N) is 1. The lowest BCUT2D eigenvalue weighted by molar-refractivity contribution is 0.300. The Morgan fingerprint density at radius 2 is 2.00 bits per heavy atom. The third kappa shape index (κ3) is 2.45. The fraction of sp³-hybridized carbons (Fsp3) is 0.182. The topological polar surface area (TPSA) is 33.1 Å². The molecule has 1 heterocycles. The van der Waals surface area contributed by atoms with Crippen molar-refractivity contribution in [2.24, 2.45) is 0 Å². The summed E-state index contributed by atoms with van der Waals surface area (Å²) in [4.78, 5) is 5.52. The van der Waals surface area contributed by atoms with Crippen LogP contribution in [-0.2, 0) is 6.42 Å². The first-order valence-electron chi connectivity index (χ1n) is 4.62. The van der Waals surface area contributed by atoms with Crippen molar-refractivity contribution >= 4 is 27.3 Å². The summed E-state index contributed by atoms with van der Waals surface area (Å²) < 4.78 is 0.848. The van der Waals surface area contributed by atoms with Gasteiger partial charge in [-0.25, -0.2) is 4.98 Å². The molecule has 4 heteroatoms. The lowest BCUT2D eigenvalue weighted by Crippen LogP contribution is -1.86. The second-order valence-corrected chi connectivity index (χ2v) is 4.91. The average molecular weight is 284 g/mol. The van der Waals surface area contributed by atoms with Crippen LogP contribution in [0.25, 0.3) is 10.6 Å². The second kappa shape index (κ2) is 4.88. The zero-order valence-corrected chi connectivity index (χ0v) is 10.4. The minimum absolute atomic E-state index is 0.162. The lowest BCUT2D eigenvalue weighted by atomic mass is 10.2. The van der Waals surface area contributed by atoms with Gasteiger partial charge in [-0.05, 0) is 15.9 Å². The first kappa shape index (κ1) is 10.8. The molecule has 0 saturated heterocycles. The standard InChI is InChI=1S/C11H10BrNOS/c12-10-9(6-7-14)15-11(13-10)8-4-2-1-3-5-8/h1-5,14H,6-7H2. The molecule has 0 aliphatic carbocycles. The molecule has 78 valence electrons. The summed E-state index contributed by atoms with van der Waals surface area (Å²) in [7, 11) is 0. The van der Waals surface area contributed by atoms with E-state index in [0.717, 1.165) is 20.1 Å². The minimum atomic E-state index is 0.162. The van der Waals surface area contributed by atoms with Crippen LogP contribution >= 0.6 is 27.3 Å². The lowest BCUT2D eigenvalue weighted by Gasteiger charge is -1.92. The number of hydrogen-bond acceptors (Lipinski definition) is 3. The first-order valence-corrected chi connectivity index (χ1v) is 6.23. The number of aromatic nitrogens is 1. The van der Waals surface area contributed by atoms with Gasteiger partial charge >= 0.3 is 0 Å². The molecule has 0 unspecified atom stereocenters. The third-order valence-corrected chi connectivity index (χ3v) is 4.09.